The Morgan fingerprint density at radius 2 is 1.81 bits per heavy atom. The van der Waals surface area contributed by atoms with Gasteiger partial charge in [0.2, 0.25) is 5.91 Å². The molecule has 0 aliphatic carbocycles. The fourth-order valence-corrected chi connectivity index (χ4v) is 5.27. The molecule has 188 valence electrons. The number of nitrogens with zero attached hydrogens (tertiary/aromatic N) is 3. The molecule has 0 aromatic heterocycles. The normalized spacial score (nSPS) is 16.0. The van der Waals surface area contributed by atoms with Crippen molar-refractivity contribution in [1.82, 2.24) is 10.2 Å². The lowest BCUT2D eigenvalue weighted by atomic mass is 10.1. The van der Waals surface area contributed by atoms with Gasteiger partial charge in [0.05, 0.1) is 12.8 Å². The SMILES string of the molecule is COc1ccc(CNC(=O)CCC2C(=O)N=C3c4ccccc4N=C(SCc4ccccc4F)N32)cc1. The first-order valence-electron chi connectivity index (χ1n) is 11.9. The van der Waals surface area contributed by atoms with E-state index in [9.17, 15) is 14.0 Å². The molecule has 3 aromatic carbocycles. The van der Waals surface area contributed by atoms with Crippen molar-refractivity contribution < 1.29 is 18.7 Å². The van der Waals surface area contributed by atoms with E-state index < -0.39 is 6.04 Å². The number of para-hydroxylation sites is 1. The summed E-state index contributed by atoms with van der Waals surface area (Å²) in [5, 5.41) is 3.47. The van der Waals surface area contributed by atoms with Crippen molar-refractivity contribution in [3.8, 4) is 5.75 Å². The number of halogens is 1. The van der Waals surface area contributed by atoms with Crippen molar-refractivity contribution in [2.75, 3.05) is 7.11 Å². The molecule has 5 rings (SSSR count). The first-order chi connectivity index (χ1) is 18.0. The van der Waals surface area contributed by atoms with Gasteiger partial charge in [0.25, 0.3) is 5.91 Å². The number of ether oxygens (including phenoxy) is 1. The fraction of sp³-hybridized carbons (Fsp3) is 0.214. The second-order valence-corrected chi connectivity index (χ2v) is 9.56. The monoisotopic (exact) mass is 516 g/mol. The predicted octanol–water partition coefficient (Wildman–Crippen LogP) is 4.82. The van der Waals surface area contributed by atoms with Gasteiger partial charge in [0.15, 0.2) is 5.17 Å². The Labute approximate surface area is 218 Å². The van der Waals surface area contributed by atoms with Crippen LogP contribution in [0.25, 0.3) is 0 Å². The van der Waals surface area contributed by atoms with E-state index >= 15 is 0 Å². The van der Waals surface area contributed by atoms with Gasteiger partial charge in [-0.3, -0.25) is 14.5 Å². The third kappa shape index (κ3) is 5.41. The zero-order chi connectivity index (χ0) is 25.8. The van der Waals surface area contributed by atoms with Gasteiger partial charge in [-0.25, -0.2) is 9.38 Å². The number of carbonyl (C=O) groups is 2. The fourth-order valence-electron chi connectivity index (χ4n) is 4.23. The summed E-state index contributed by atoms with van der Waals surface area (Å²) in [6.45, 7) is 0.380. The van der Waals surface area contributed by atoms with Gasteiger partial charge < -0.3 is 10.1 Å². The van der Waals surface area contributed by atoms with Crippen LogP contribution in [0.1, 0.15) is 29.5 Å². The molecule has 37 heavy (non-hydrogen) atoms. The summed E-state index contributed by atoms with van der Waals surface area (Å²) >= 11 is 1.35. The largest absolute Gasteiger partial charge is 0.497 e. The summed E-state index contributed by atoms with van der Waals surface area (Å²) in [6, 6.07) is 20.9. The molecule has 2 aliphatic rings. The first-order valence-corrected chi connectivity index (χ1v) is 12.9. The van der Waals surface area contributed by atoms with E-state index in [0.717, 1.165) is 16.9 Å². The minimum Gasteiger partial charge on any atom is -0.497 e. The topological polar surface area (TPSA) is 83.4 Å². The maximum atomic E-state index is 14.2. The molecule has 3 aromatic rings. The lowest BCUT2D eigenvalue weighted by Gasteiger charge is -2.31. The second kappa shape index (κ2) is 11.0. The van der Waals surface area contributed by atoms with Crippen molar-refractivity contribution in [3.05, 3.63) is 95.3 Å². The summed E-state index contributed by atoms with van der Waals surface area (Å²) in [7, 11) is 1.60. The van der Waals surface area contributed by atoms with Crippen LogP contribution in [0.3, 0.4) is 0 Å². The van der Waals surface area contributed by atoms with Crippen LogP contribution in [0.2, 0.25) is 0 Å². The van der Waals surface area contributed by atoms with Gasteiger partial charge in [-0.2, -0.15) is 4.99 Å². The summed E-state index contributed by atoms with van der Waals surface area (Å²) in [5.41, 5.74) is 2.97. The molecule has 1 N–H and O–H groups in total. The molecule has 0 fully saturated rings. The average Bonchev–Trinajstić information content (AvgIpc) is 3.26. The molecule has 2 amide bonds. The molecule has 7 nitrogen and oxygen atoms in total. The number of methoxy groups -OCH3 is 1. The van der Waals surface area contributed by atoms with E-state index in [4.69, 9.17) is 9.73 Å². The lowest BCUT2D eigenvalue weighted by molar-refractivity contribution is -0.122. The zero-order valence-corrected chi connectivity index (χ0v) is 21.0. The van der Waals surface area contributed by atoms with E-state index in [1.807, 2.05) is 48.5 Å². The summed E-state index contributed by atoms with van der Waals surface area (Å²) in [4.78, 5) is 36.5. The zero-order valence-electron chi connectivity index (χ0n) is 20.2. The van der Waals surface area contributed by atoms with Gasteiger partial charge in [-0.05, 0) is 47.9 Å². The molecule has 2 aliphatic heterocycles. The molecule has 0 radical (unpaired) electrons. The maximum Gasteiger partial charge on any atom is 0.270 e. The van der Waals surface area contributed by atoms with Gasteiger partial charge >= 0.3 is 0 Å². The quantitative estimate of drug-likeness (QED) is 0.464. The Morgan fingerprint density at radius 3 is 2.59 bits per heavy atom. The highest BCUT2D eigenvalue weighted by atomic mass is 32.2. The van der Waals surface area contributed by atoms with E-state index in [1.54, 1.807) is 30.2 Å². The van der Waals surface area contributed by atoms with Crippen LogP contribution in [0.15, 0.2) is 82.8 Å². The Bertz CT molecular complexity index is 1390. The highest BCUT2D eigenvalue weighted by Crippen LogP contribution is 2.36. The molecule has 0 saturated heterocycles. The predicted molar refractivity (Wildman–Crippen MR) is 142 cm³/mol. The molecule has 0 spiro atoms. The number of benzene rings is 3. The van der Waals surface area contributed by atoms with E-state index in [-0.39, 0.29) is 30.5 Å². The summed E-state index contributed by atoms with van der Waals surface area (Å²) < 4.78 is 19.4. The Kier molecular flexibility index (Phi) is 7.32. The number of amidine groups is 2. The van der Waals surface area contributed by atoms with Gasteiger partial charge in [0, 0.05) is 24.3 Å². The summed E-state index contributed by atoms with van der Waals surface area (Å²) in [6.07, 6.45) is 0.431. The number of fused-ring (bicyclic) bond motifs is 3. The number of amides is 2. The number of nitrogens with one attached hydrogen (secondary N) is 1. The van der Waals surface area contributed by atoms with Crippen molar-refractivity contribution in [2.45, 2.75) is 31.2 Å². The van der Waals surface area contributed by atoms with Crippen molar-refractivity contribution >= 4 is 40.3 Å². The molecule has 0 saturated carbocycles. The second-order valence-electron chi connectivity index (χ2n) is 8.61. The number of carbonyl (C=O) groups excluding carboxylic acids is 2. The maximum absolute atomic E-state index is 14.2. The molecule has 1 atom stereocenters. The third-order valence-corrected chi connectivity index (χ3v) is 7.22. The van der Waals surface area contributed by atoms with Crippen molar-refractivity contribution in [2.24, 2.45) is 9.98 Å². The lowest BCUT2D eigenvalue weighted by Crippen LogP contribution is -2.44. The first kappa shape index (κ1) is 24.7. The van der Waals surface area contributed by atoms with Crippen LogP contribution < -0.4 is 10.1 Å². The number of thioether (sulfide) groups is 1. The highest BCUT2D eigenvalue weighted by molar-refractivity contribution is 8.13. The van der Waals surface area contributed by atoms with Crippen molar-refractivity contribution in [1.29, 1.82) is 0 Å². The number of rotatable bonds is 8. The molecule has 2 heterocycles. The van der Waals surface area contributed by atoms with Crippen LogP contribution in [-0.4, -0.2) is 40.9 Å². The van der Waals surface area contributed by atoms with Crippen LogP contribution in [0.4, 0.5) is 10.1 Å². The summed E-state index contributed by atoms with van der Waals surface area (Å²) in [5.74, 6) is 0.860. The molecule has 1 unspecified atom stereocenters. The third-order valence-electron chi connectivity index (χ3n) is 6.22. The molecular weight excluding hydrogens is 491 g/mol. The Hall–Kier alpha value is -3.98. The minimum atomic E-state index is -0.651. The van der Waals surface area contributed by atoms with Crippen LogP contribution in [0, 0.1) is 5.82 Å². The smallest absolute Gasteiger partial charge is 0.270 e. The van der Waals surface area contributed by atoms with Crippen LogP contribution in [-0.2, 0) is 21.9 Å². The Balaban J connectivity index is 1.28. The van der Waals surface area contributed by atoms with E-state index in [0.29, 0.717) is 34.6 Å². The van der Waals surface area contributed by atoms with Gasteiger partial charge in [0.1, 0.15) is 23.4 Å². The number of aliphatic imine (C=N–C) groups is 2. The standard InChI is InChI=1S/C28H25FN4O3S/c1-36-20-12-10-18(11-13-20)16-30-25(34)15-14-24-27(35)32-26-21-7-3-5-9-23(21)31-28(33(24)26)37-17-19-6-2-4-8-22(19)29/h2-13,24H,14-17H2,1H3,(H,30,34). The average molecular weight is 517 g/mol. The van der Waals surface area contributed by atoms with Crippen LogP contribution >= 0.6 is 11.8 Å². The molecule has 0 bridgehead atoms. The van der Waals surface area contributed by atoms with Crippen molar-refractivity contribution in [3.63, 3.8) is 0 Å². The van der Waals surface area contributed by atoms with Gasteiger partial charge in [-0.15, -0.1) is 0 Å². The van der Waals surface area contributed by atoms with E-state index in [2.05, 4.69) is 10.3 Å². The van der Waals surface area contributed by atoms with Crippen LogP contribution in [0.5, 0.6) is 5.75 Å². The molecular formula is C28H25FN4O3S. The number of hydrogen-bond acceptors (Lipinski definition) is 6. The van der Waals surface area contributed by atoms with E-state index in [1.165, 1.54) is 17.8 Å². The Morgan fingerprint density at radius 1 is 1.05 bits per heavy atom. The minimum absolute atomic E-state index is 0.152. The highest BCUT2D eigenvalue weighted by Gasteiger charge is 2.41. The number of hydrogen-bond donors (Lipinski definition) is 1. The molecule has 9 heteroatoms. The van der Waals surface area contributed by atoms with Gasteiger partial charge in [-0.1, -0.05) is 54.2 Å².